The van der Waals surface area contributed by atoms with Gasteiger partial charge in [0.15, 0.2) is 5.82 Å². The molecule has 1 fully saturated rings. The molecule has 0 amide bonds. The predicted molar refractivity (Wildman–Crippen MR) is 113 cm³/mol. The highest BCUT2D eigenvalue weighted by atomic mass is 16.5. The molecule has 2 aliphatic rings. The van der Waals surface area contributed by atoms with Crippen LogP contribution >= 0.6 is 0 Å². The van der Waals surface area contributed by atoms with Crippen LogP contribution in [-0.4, -0.2) is 36.3 Å². The van der Waals surface area contributed by atoms with Crippen molar-refractivity contribution >= 4 is 5.82 Å². The Morgan fingerprint density at radius 1 is 0.929 bits per heavy atom. The molecule has 2 heterocycles. The van der Waals surface area contributed by atoms with Crippen LogP contribution in [0.3, 0.4) is 0 Å². The van der Waals surface area contributed by atoms with Gasteiger partial charge >= 0.3 is 0 Å². The molecule has 2 aromatic carbocycles. The van der Waals surface area contributed by atoms with Gasteiger partial charge in [-0.25, -0.2) is 9.97 Å². The van der Waals surface area contributed by atoms with Crippen LogP contribution in [0.1, 0.15) is 23.1 Å². The van der Waals surface area contributed by atoms with Crippen LogP contribution in [0, 0.1) is 6.92 Å². The summed E-state index contributed by atoms with van der Waals surface area (Å²) in [5.74, 6) is 1.92. The largest absolute Gasteiger partial charge is 0.378 e. The van der Waals surface area contributed by atoms with Gasteiger partial charge in [-0.2, -0.15) is 0 Å². The lowest BCUT2D eigenvalue weighted by Gasteiger charge is -2.30. The molecule has 0 N–H and O–H groups in total. The maximum Gasteiger partial charge on any atom is 0.162 e. The predicted octanol–water partition coefficient (Wildman–Crippen LogP) is 4.44. The minimum atomic E-state index is 0.759. The molecule has 0 radical (unpaired) electrons. The molecule has 4 heteroatoms. The van der Waals surface area contributed by atoms with Crippen LogP contribution in [0.15, 0.2) is 48.5 Å². The molecule has 5 rings (SSSR count). The van der Waals surface area contributed by atoms with Gasteiger partial charge in [-0.15, -0.1) is 0 Å². The van der Waals surface area contributed by atoms with E-state index >= 15 is 0 Å². The van der Waals surface area contributed by atoms with Crippen molar-refractivity contribution in [1.82, 2.24) is 9.97 Å². The third kappa shape index (κ3) is 3.18. The Bertz CT molecular complexity index is 1010. The van der Waals surface area contributed by atoms with E-state index in [1.54, 1.807) is 0 Å². The fourth-order valence-corrected chi connectivity index (χ4v) is 4.30. The zero-order chi connectivity index (χ0) is 18.9. The minimum Gasteiger partial charge on any atom is -0.378 e. The number of rotatable bonds is 2. The molecule has 3 aromatic rings. The first-order valence-corrected chi connectivity index (χ1v) is 10.2. The third-order valence-corrected chi connectivity index (χ3v) is 5.72. The lowest BCUT2D eigenvalue weighted by atomic mass is 10.0. The molecule has 0 unspecified atom stereocenters. The molecule has 1 aromatic heterocycles. The van der Waals surface area contributed by atoms with Gasteiger partial charge in [0.1, 0.15) is 5.82 Å². The fraction of sp³-hybridized carbons (Fsp3) is 0.333. The van der Waals surface area contributed by atoms with Crippen LogP contribution in [0.5, 0.6) is 0 Å². The summed E-state index contributed by atoms with van der Waals surface area (Å²) in [5, 5.41) is 0. The van der Waals surface area contributed by atoms with Crippen molar-refractivity contribution in [3.8, 4) is 22.6 Å². The summed E-state index contributed by atoms with van der Waals surface area (Å²) in [6, 6.07) is 17.2. The maximum atomic E-state index is 5.59. The third-order valence-electron chi connectivity index (χ3n) is 5.72. The summed E-state index contributed by atoms with van der Waals surface area (Å²) in [6.07, 6.45) is 3.24. The number of nitrogens with zero attached hydrogens (tertiary/aromatic N) is 3. The fourth-order valence-electron chi connectivity index (χ4n) is 4.30. The first-order chi connectivity index (χ1) is 13.8. The van der Waals surface area contributed by atoms with Gasteiger partial charge in [0, 0.05) is 29.8 Å². The summed E-state index contributed by atoms with van der Waals surface area (Å²) in [6.45, 7) is 5.41. The number of hydrogen-bond donors (Lipinski definition) is 0. The standard InChI is InChI=1S/C24H25N3O/c1-17-6-4-9-19(16-17)23-25-22-20-10-3-2-7-18(20)8-5-11-21(22)24(26-23)27-12-14-28-15-13-27/h2-4,6-7,9-10,16H,5,8,11-15H2,1H3. The van der Waals surface area contributed by atoms with Crippen molar-refractivity contribution in [2.45, 2.75) is 26.2 Å². The van der Waals surface area contributed by atoms with Crippen molar-refractivity contribution < 1.29 is 4.74 Å². The molecule has 1 saturated heterocycles. The van der Waals surface area contributed by atoms with E-state index in [2.05, 4.69) is 60.4 Å². The van der Waals surface area contributed by atoms with Crippen LogP contribution in [0.25, 0.3) is 22.6 Å². The highest BCUT2D eigenvalue weighted by Crippen LogP contribution is 2.37. The van der Waals surface area contributed by atoms with Crippen molar-refractivity contribution in [2.75, 3.05) is 31.2 Å². The zero-order valence-electron chi connectivity index (χ0n) is 16.3. The molecule has 0 atom stereocenters. The van der Waals surface area contributed by atoms with Gasteiger partial charge in [-0.3, -0.25) is 0 Å². The first kappa shape index (κ1) is 17.4. The van der Waals surface area contributed by atoms with E-state index in [1.807, 2.05) is 0 Å². The van der Waals surface area contributed by atoms with E-state index < -0.39 is 0 Å². The molecule has 0 saturated carbocycles. The smallest absolute Gasteiger partial charge is 0.162 e. The quantitative estimate of drug-likeness (QED) is 0.667. The van der Waals surface area contributed by atoms with Crippen LogP contribution < -0.4 is 4.90 Å². The number of anilines is 1. The minimum absolute atomic E-state index is 0.759. The summed E-state index contributed by atoms with van der Waals surface area (Å²) >= 11 is 0. The average molecular weight is 371 g/mol. The monoisotopic (exact) mass is 371 g/mol. The molecule has 28 heavy (non-hydrogen) atoms. The number of aryl methyl sites for hydroxylation is 2. The molecule has 4 nitrogen and oxygen atoms in total. The molecular formula is C24H25N3O. The van der Waals surface area contributed by atoms with E-state index in [4.69, 9.17) is 14.7 Å². The lowest BCUT2D eigenvalue weighted by molar-refractivity contribution is 0.122. The Morgan fingerprint density at radius 3 is 2.64 bits per heavy atom. The summed E-state index contributed by atoms with van der Waals surface area (Å²) in [5.41, 5.74) is 7.37. The van der Waals surface area contributed by atoms with Crippen LogP contribution in [0.2, 0.25) is 0 Å². The van der Waals surface area contributed by atoms with Crippen molar-refractivity contribution in [1.29, 1.82) is 0 Å². The molecule has 1 aliphatic carbocycles. The number of ether oxygens (including phenoxy) is 1. The SMILES string of the molecule is Cc1cccc(-c2nc3c(c(N4CCOCC4)n2)CCCc2ccccc2-3)c1. The summed E-state index contributed by atoms with van der Waals surface area (Å²) < 4.78 is 5.59. The van der Waals surface area contributed by atoms with Crippen molar-refractivity contribution in [3.63, 3.8) is 0 Å². The highest BCUT2D eigenvalue weighted by molar-refractivity contribution is 5.75. The van der Waals surface area contributed by atoms with Crippen LogP contribution in [0.4, 0.5) is 5.82 Å². The van der Waals surface area contributed by atoms with E-state index in [-0.39, 0.29) is 0 Å². The van der Waals surface area contributed by atoms with Gasteiger partial charge in [0.25, 0.3) is 0 Å². The Kier molecular flexibility index (Phi) is 4.57. The average Bonchev–Trinajstić information content (AvgIpc) is 2.93. The lowest BCUT2D eigenvalue weighted by Crippen LogP contribution is -2.37. The van der Waals surface area contributed by atoms with Crippen molar-refractivity contribution in [3.05, 3.63) is 65.2 Å². The van der Waals surface area contributed by atoms with E-state index in [9.17, 15) is 0 Å². The van der Waals surface area contributed by atoms with Gasteiger partial charge in [0.2, 0.25) is 0 Å². The van der Waals surface area contributed by atoms with E-state index in [0.717, 1.165) is 68.5 Å². The van der Waals surface area contributed by atoms with Gasteiger partial charge in [0.05, 0.1) is 18.9 Å². The normalized spacial score (nSPS) is 16.2. The number of morpholine rings is 1. The Morgan fingerprint density at radius 2 is 1.79 bits per heavy atom. The number of fused-ring (bicyclic) bond motifs is 3. The van der Waals surface area contributed by atoms with Gasteiger partial charge < -0.3 is 9.64 Å². The molecule has 0 spiro atoms. The Labute approximate surface area is 166 Å². The number of benzene rings is 2. The molecule has 142 valence electrons. The summed E-state index contributed by atoms with van der Waals surface area (Å²) in [7, 11) is 0. The molecule has 1 aliphatic heterocycles. The topological polar surface area (TPSA) is 38.2 Å². The van der Waals surface area contributed by atoms with Crippen molar-refractivity contribution in [2.24, 2.45) is 0 Å². The van der Waals surface area contributed by atoms with Gasteiger partial charge in [-0.05, 0) is 37.8 Å². The van der Waals surface area contributed by atoms with E-state index in [0.29, 0.717) is 0 Å². The zero-order valence-corrected chi connectivity index (χ0v) is 16.3. The van der Waals surface area contributed by atoms with E-state index in [1.165, 1.54) is 22.3 Å². The van der Waals surface area contributed by atoms with Gasteiger partial charge in [-0.1, -0.05) is 48.0 Å². The number of aromatic nitrogens is 2. The molecular weight excluding hydrogens is 346 g/mol. The second-order valence-corrected chi connectivity index (χ2v) is 7.68. The molecule has 0 bridgehead atoms. The first-order valence-electron chi connectivity index (χ1n) is 10.2. The summed E-state index contributed by atoms with van der Waals surface area (Å²) in [4.78, 5) is 12.6. The maximum absolute atomic E-state index is 5.59. The van der Waals surface area contributed by atoms with Crippen LogP contribution in [-0.2, 0) is 17.6 Å². The second-order valence-electron chi connectivity index (χ2n) is 7.68. The second kappa shape index (κ2) is 7.36. The Hall–Kier alpha value is -2.72. The number of hydrogen-bond acceptors (Lipinski definition) is 4. The Balaban J connectivity index is 1.74. The highest BCUT2D eigenvalue weighted by Gasteiger charge is 2.25.